The molecular weight excluding hydrogens is 293 g/mol. The summed E-state index contributed by atoms with van der Waals surface area (Å²) in [4.78, 5) is 19.5. The number of phosphoric acid groups is 1. The van der Waals surface area contributed by atoms with E-state index < -0.39 is 7.82 Å². The molecule has 0 aromatic heterocycles. The third kappa shape index (κ3) is 3.09. The first-order valence-electron chi connectivity index (χ1n) is 6.38. The lowest BCUT2D eigenvalue weighted by Crippen LogP contribution is -2.25. The average Bonchev–Trinajstić information content (AvgIpc) is 2.45. The molecule has 1 aliphatic rings. The van der Waals surface area contributed by atoms with Gasteiger partial charge in [-0.25, -0.2) is 4.57 Å². The lowest BCUT2D eigenvalue weighted by molar-refractivity contribution is 0.202. The van der Waals surface area contributed by atoms with Crippen LogP contribution in [0.2, 0.25) is 0 Å². The zero-order valence-electron chi connectivity index (χ0n) is 11.0. The molecule has 2 aromatic carbocycles. The number of benzene rings is 2. The van der Waals surface area contributed by atoms with Crippen molar-refractivity contribution in [2.24, 2.45) is 0 Å². The Hall–Kier alpha value is -1.85. The topological polar surface area (TPSA) is 79.2 Å². The molecule has 1 heterocycles. The van der Waals surface area contributed by atoms with Crippen LogP contribution in [0.1, 0.15) is 0 Å². The van der Waals surface area contributed by atoms with Crippen LogP contribution in [0, 0.1) is 0 Å². The van der Waals surface area contributed by atoms with Crippen LogP contribution >= 0.6 is 7.82 Å². The fourth-order valence-corrected chi connectivity index (χ4v) is 2.59. The number of nitrogens with zero attached hydrogens (tertiary/aromatic N) is 1. The predicted octanol–water partition coefficient (Wildman–Crippen LogP) is 3.04. The molecular formula is C14H14NO5P. The molecule has 0 saturated heterocycles. The fraction of sp³-hybridized carbons (Fsp3) is 0.143. The van der Waals surface area contributed by atoms with Crippen LogP contribution in [0.25, 0.3) is 0 Å². The minimum atomic E-state index is -4.46. The second-order valence-corrected chi connectivity index (χ2v) is 5.75. The zero-order valence-corrected chi connectivity index (χ0v) is 11.9. The van der Waals surface area contributed by atoms with E-state index in [-0.39, 0.29) is 6.61 Å². The molecule has 0 atom stereocenters. The Morgan fingerprint density at radius 1 is 1.00 bits per heavy atom. The van der Waals surface area contributed by atoms with Gasteiger partial charge in [-0.3, -0.25) is 4.52 Å². The SMILES string of the molecule is O=P(O)(O)OCCN1c2ccccc2Oc2ccccc21. The van der Waals surface area contributed by atoms with Crippen LogP contribution in [-0.2, 0) is 9.09 Å². The normalized spacial score (nSPS) is 13.3. The minimum Gasteiger partial charge on any atom is -0.453 e. The van der Waals surface area contributed by atoms with E-state index in [0.717, 1.165) is 11.4 Å². The number of hydrogen-bond acceptors (Lipinski definition) is 4. The summed E-state index contributed by atoms with van der Waals surface area (Å²) >= 11 is 0. The maximum Gasteiger partial charge on any atom is 0.469 e. The number of phosphoric ester groups is 1. The Kier molecular flexibility index (Phi) is 3.69. The zero-order chi connectivity index (χ0) is 14.9. The Balaban J connectivity index is 1.90. The number of hydrogen-bond donors (Lipinski definition) is 2. The molecule has 2 N–H and O–H groups in total. The first-order chi connectivity index (χ1) is 10.0. The van der Waals surface area contributed by atoms with E-state index in [1.165, 1.54) is 0 Å². The van der Waals surface area contributed by atoms with Crippen LogP contribution in [0.15, 0.2) is 48.5 Å². The first kappa shape index (κ1) is 14.1. The van der Waals surface area contributed by atoms with E-state index in [1.807, 2.05) is 53.4 Å². The molecule has 0 spiro atoms. The minimum absolute atomic E-state index is 0.0903. The van der Waals surface area contributed by atoms with Crippen molar-refractivity contribution in [3.8, 4) is 11.5 Å². The Morgan fingerprint density at radius 3 is 2.05 bits per heavy atom. The highest BCUT2D eigenvalue weighted by Crippen LogP contribution is 2.46. The van der Waals surface area contributed by atoms with E-state index in [9.17, 15) is 4.57 Å². The van der Waals surface area contributed by atoms with Gasteiger partial charge in [0.05, 0.1) is 18.0 Å². The summed E-state index contributed by atoms with van der Waals surface area (Å²) in [5.41, 5.74) is 1.68. The van der Waals surface area contributed by atoms with Crippen molar-refractivity contribution in [3.63, 3.8) is 0 Å². The monoisotopic (exact) mass is 307 g/mol. The molecule has 0 fully saturated rings. The Bertz CT molecular complexity index is 654. The third-order valence-electron chi connectivity index (χ3n) is 3.11. The molecule has 0 aliphatic carbocycles. The van der Waals surface area contributed by atoms with Crippen LogP contribution in [-0.4, -0.2) is 22.9 Å². The fourth-order valence-electron chi connectivity index (χ4n) is 2.27. The highest BCUT2D eigenvalue weighted by Gasteiger charge is 2.24. The average molecular weight is 307 g/mol. The standard InChI is InChI=1S/C14H14NO5P/c16-21(17,18)19-10-9-15-11-5-1-3-7-13(11)20-14-8-4-2-6-12(14)15/h1-8H,9-10H2,(H2,16,17,18). The highest BCUT2D eigenvalue weighted by atomic mass is 31.2. The molecule has 2 aromatic rings. The first-order valence-corrected chi connectivity index (χ1v) is 7.91. The molecule has 0 bridgehead atoms. The summed E-state index contributed by atoms with van der Waals surface area (Å²) in [7, 11) is -4.46. The summed E-state index contributed by atoms with van der Waals surface area (Å²) < 4.78 is 21.2. The van der Waals surface area contributed by atoms with Crippen molar-refractivity contribution in [1.29, 1.82) is 0 Å². The van der Waals surface area contributed by atoms with Gasteiger partial charge in [0.2, 0.25) is 0 Å². The molecule has 3 rings (SSSR count). The summed E-state index contributed by atoms with van der Waals surface area (Å²) in [5, 5.41) is 0. The van der Waals surface area contributed by atoms with Crippen molar-refractivity contribution in [1.82, 2.24) is 0 Å². The highest BCUT2D eigenvalue weighted by molar-refractivity contribution is 7.46. The van der Waals surface area contributed by atoms with Crippen LogP contribution < -0.4 is 9.64 Å². The largest absolute Gasteiger partial charge is 0.469 e. The quantitative estimate of drug-likeness (QED) is 0.845. The van der Waals surface area contributed by atoms with Gasteiger partial charge in [0.25, 0.3) is 0 Å². The van der Waals surface area contributed by atoms with E-state index >= 15 is 0 Å². The predicted molar refractivity (Wildman–Crippen MR) is 78.0 cm³/mol. The molecule has 110 valence electrons. The van der Waals surface area contributed by atoms with Crippen LogP contribution in [0.3, 0.4) is 0 Å². The smallest absolute Gasteiger partial charge is 0.453 e. The van der Waals surface area contributed by atoms with Gasteiger partial charge in [0.15, 0.2) is 11.5 Å². The van der Waals surface area contributed by atoms with E-state index in [2.05, 4.69) is 4.52 Å². The number of rotatable bonds is 4. The number of para-hydroxylation sites is 4. The van der Waals surface area contributed by atoms with Crippen molar-refractivity contribution in [2.75, 3.05) is 18.1 Å². The van der Waals surface area contributed by atoms with Crippen molar-refractivity contribution in [2.45, 2.75) is 0 Å². The second-order valence-electron chi connectivity index (χ2n) is 4.51. The summed E-state index contributed by atoms with van der Waals surface area (Å²) in [6.07, 6.45) is 0. The van der Waals surface area contributed by atoms with E-state index in [0.29, 0.717) is 18.0 Å². The molecule has 0 amide bonds. The molecule has 0 saturated carbocycles. The van der Waals surface area contributed by atoms with Gasteiger partial charge >= 0.3 is 7.82 Å². The van der Waals surface area contributed by atoms with Crippen molar-refractivity contribution < 1.29 is 23.6 Å². The van der Waals surface area contributed by atoms with Gasteiger partial charge in [-0.2, -0.15) is 0 Å². The Morgan fingerprint density at radius 2 is 1.52 bits per heavy atom. The van der Waals surface area contributed by atoms with Gasteiger partial charge in [-0.15, -0.1) is 0 Å². The molecule has 6 nitrogen and oxygen atoms in total. The van der Waals surface area contributed by atoms with E-state index in [1.54, 1.807) is 0 Å². The van der Waals surface area contributed by atoms with Crippen LogP contribution in [0.4, 0.5) is 11.4 Å². The Labute approximate surface area is 121 Å². The third-order valence-corrected chi connectivity index (χ3v) is 3.63. The molecule has 1 aliphatic heterocycles. The summed E-state index contributed by atoms with van der Waals surface area (Å²) in [6, 6.07) is 15.0. The maximum absolute atomic E-state index is 10.8. The molecule has 0 radical (unpaired) electrons. The number of anilines is 2. The second kappa shape index (κ2) is 5.50. The molecule has 21 heavy (non-hydrogen) atoms. The van der Waals surface area contributed by atoms with Crippen molar-refractivity contribution in [3.05, 3.63) is 48.5 Å². The number of fused-ring (bicyclic) bond motifs is 2. The van der Waals surface area contributed by atoms with Gasteiger partial charge < -0.3 is 19.4 Å². The molecule has 7 heteroatoms. The number of ether oxygens (including phenoxy) is 1. The summed E-state index contributed by atoms with van der Waals surface area (Å²) in [5.74, 6) is 1.40. The van der Waals surface area contributed by atoms with E-state index in [4.69, 9.17) is 14.5 Å². The van der Waals surface area contributed by atoms with Gasteiger partial charge in [0.1, 0.15) is 0 Å². The van der Waals surface area contributed by atoms with Gasteiger partial charge in [-0.1, -0.05) is 24.3 Å². The van der Waals surface area contributed by atoms with Crippen LogP contribution in [0.5, 0.6) is 11.5 Å². The lowest BCUT2D eigenvalue weighted by atomic mass is 10.1. The van der Waals surface area contributed by atoms with Crippen molar-refractivity contribution >= 4 is 19.2 Å². The molecule has 0 unspecified atom stereocenters. The maximum atomic E-state index is 10.8. The van der Waals surface area contributed by atoms with Gasteiger partial charge in [0, 0.05) is 6.54 Å². The lowest BCUT2D eigenvalue weighted by Gasteiger charge is -2.32. The van der Waals surface area contributed by atoms with Gasteiger partial charge in [-0.05, 0) is 24.3 Å². The summed E-state index contributed by atoms with van der Waals surface area (Å²) in [6.45, 7) is 0.218.